The Morgan fingerprint density at radius 2 is 2.16 bits per heavy atom. The molecule has 2 rings (SSSR count). The van der Waals surface area contributed by atoms with Gasteiger partial charge in [0.2, 0.25) is 5.28 Å². The molecule has 0 aliphatic carbocycles. The highest BCUT2D eigenvalue weighted by Gasteiger charge is 2.19. The first-order valence-corrected chi connectivity index (χ1v) is 7.18. The molecule has 5 nitrogen and oxygen atoms in total. The van der Waals surface area contributed by atoms with Gasteiger partial charge in [-0.1, -0.05) is 20.3 Å². The summed E-state index contributed by atoms with van der Waals surface area (Å²) < 4.78 is 0. The number of H-pyrrole nitrogens is 1. The van der Waals surface area contributed by atoms with Crippen LogP contribution in [0, 0.1) is 0 Å². The lowest BCUT2D eigenvalue weighted by Gasteiger charge is -2.29. The van der Waals surface area contributed by atoms with Crippen LogP contribution < -0.4 is 4.90 Å². The van der Waals surface area contributed by atoms with Gasteiger partial charge in [-0.05, 0) is 31.4 Å². The first kappa shape index (κ1) is 14.1. The van der Waals surface area contributed by atoms with Crippen molar-refractivity contribution < 1.29 is 0 Å². The molecular weight excluding hydrogens is 262 g/mol. The zero-order valence-electron chi connectivity index (χ0n) is 11.6. The van der Waals surface area contributed by atoms with E-state index < -0.39 is 0 Å². The fourth-order valence-corrected chi connectivity index (χ4v) is 2.24. The molecule has 0 spiro atoms. The monoisotopic (exact) mass is 281 g/mol. The molecule has 0 aromatic carbocycles. The van der Waals surface area contributed by atoms with Crippen molar-refractivity contribution in [2.24, 2.45) is 0 Å². The van der Waals surface area contributed by atoms with Gasteiger partial charge in [0.25, 0.3) is 0 Å². The number of aromatic amines is 1. The Morgan fingerprint density at radius 1 is 1.37 bits per heavy atom. The Hall–Kier alpha value is -1.36. The van der Waals surface area contributed by atoms with Gasteiger partial charge >= 0.3 is 0 Å². The van der Waals surface area contributed by atoms with Crippen LogP contribution in [0.5, 0.6) is 0 Å². The average molecular weight is 282 g/mol. The van der Waals surface area contributed by atoms with E-state index >= 15 is 0 Å². The zero-order chi connectivity index (χ0) is 13.8. The van der Waals surface area contributed by atoms with Crippen molar-refractivity contribution in [1.82, 2.24) is 19.9 Å². The van der Waals surface area contributed by atoms with E-state index in [0.29, 0.717) is 11.7 Å². The van der Waals surface area contributed by atoms with Gasteiger partial charge < -0.3 is 9.88 Å². The summed E-state index contributed by atoms with van der Waals surface area (Å²) in [6, 6.07) is 0.406. The van der Waals surface area contributed by atoms with Gasteiger partial charge in [0, 0.05) is 12.6 Å². The Bertz CT molecular complexity index is 539. The van der Waals surface area contributed by atoms with Crippen LogP contribution in [0.15, 0.2) is 6.33 Å². The third-order valence-corrected chi connectivity index (χ3v) is 3.56. The molecule has 0 radical (unpaired) electrons. The Kier molecular flexibility index (Phi) is 4.58. The lowest BCUT2D eigenvalue weighted by molar-refractivity contribution is 0.591. The molecular formula is C13H20ClN5. The molecule has 1 unspecified atom stereocenters. The van der Waals surface area contributed by atoms with Crippen LogP contribution in [-0.2, 0) is 0 Å². The minimum atomic E-state index is 0.249. The number of hydrogen-bond acceptors (Lipinski definition) is 4. The summed E-state index contributed by atoms with van der Waals surface area (Å²) in [5.41, 5.74) is 1.49. The second-order valence-electron chi connectivity index (χ2n) is 4.72. The Morgan fingerprint density at radius 3 is 2.84 bits per heavy atom. The van der Waals surface area contributed by atoms with Gasteiger partial charge in [-0.15, -0.1) is 0 Å². The molecule has 0 aliphatic heterocycles. The zero-order valence-corrected chi connectivity index (χ0v) is 12.4. The molecule has 0 amide bonds. The van der Waals surface area contributed by atoms with Crippen LogP contribution in [0.2, 0.25) is 5.28 Å². The molecule has 0 aliphatic rings. The van der Waals surface area contributed by atoms with E-state index in [1.165, 1.54) is 0 Å². The van der Waals surface area contributed by atoms with Gasteiger partial charge in [0.1, 0.15) is 5.52 Å². The van der Waals surface area contributed by atoms with E-state index in [9.17, 15) is 0 Å². The summed E-state index contributed by atoms with van der Waals surface area (Å²) in [6.45, 7) is 7.53. The van der Waals surface area contributed by atoms with Gasteiger partial charge in [0.05, 0.1) is 6.33 Å². The first-order chi connectivity index (χ1) is 9.17. The van der Waals surface area contributed by atoms with Gasteiger partial charge in [-0.3, -0.25) is 0 Å². The SMILES string of the molecule is CCCCN(c1nc(Cl)nc2nc[nH]c12)C(C)CC. The van der Waals surface area contributed by atoms with Crippen LogP contribution >= 0.6 is 11.6 Å². The fourth-order valence-electron chi connectivity index (χ4n) is 2.08. The van der Waals surface area contributed by atoms with Crippen molar-refractivity contribution in [2.75, 3.05) is 11.4 Å². The van der Waals surface area contributed by atoms with Crippen LogP contribution in [0.3, 0.4) is 0 Å². The number of nitrogens with one attached hydrogen (secondary N) is 1. The molecule has 6 heteroatoms. The van der Waals surface area contributed by atoms with Gasteiger partial charge in [-0.2, -0.15) is 9.97 Å². The molecule has 0 bridgehead atoms. The van der Waals surface area contributed by atoms with Crippen molar-refractivity contribution in [3.8, 4) is 0 Å². The van der Waals surface area contributed by atoms with Crippen LogP contribution in [-0.4, -0.2) is 32.5 Å². The summed E-state index contributed by atoms with van der Waals surface area (Å²) in [7, 11) is 0. The Balaban J connectivity index is 2.44. The van der Waals surface area contributed by atoms with E-state index in [-0.39, 0.29) is 5.28 Å². The van der Waals surface area contributed by atoms with E-state index in [0.717, 1.165) is 37.1 Å². The van der Waals surface area contributed by atoms with Crippen molar-refractivity contribution in [3.05, 3.63) is 11.6 Å². The normalized spacial score (nSPS) is 12.8. The van der Waals surface area contributed by atoms with Gasteiger partial charge in [0.15, 0.2) is 11.5 Å². The molecule has 0 fully saturated rings. The number of anilines is 1. The quantitative estimate of drug-likeness (QED) is 0.825. The fraction of sp³-hybridized carbons (Fsp3) is 0.615. The highest BCUT2D eigenvalue weighted by Crippen LogP contribution is 2.25. The second kappa shape index (κ2) is 6.19. The predicted molar refractivity (Wildman–Crippen MR) is 78.7 cm³/mol. The lowest BCUT2D eigenvalue weighted by atomic mass is 10.2. The highest BCUT2D eigenvalue weighted by atomic mass is 35.5. The van der Waals surface area contributed by atoms with Crippen molar-refractivity contribution >= 4 is 28.6 Å². The molecule has 0 saturated carbocycles. The average Bonchev–Trinajstić information content (AvgIpc) is 2.86. The van der Waals surface area contributed by atoms with E-state index in [1.807, 2.05) is 0 Å². The van der Waals surface area contributed by atoms with Gasteiger partial charge in [-0.25, -0.2) is 4.98 Å². The maximum atomic E-state index is 6.00. The first-order valence-electron chi connectivity index (χ1n) is 6.80. The second-order valence-corrected chi connectivity index (χ2v) is 5.06. The minimum Gasteiger partial charge on any atom is -0.352 e. The number of rotatable bonds is 6. The number of aromatic nitrogens is 4. The standard InChI is InChI=1S/C13H20ClN5/c1-4-6-7-19(9(3)5-2)12-10-11(16-8-15-10)17-13(14)18-12/h8-9H,4-7H2,1-3H3,(H,15,16,17,18). The summed E-state index contributed by atoms with van der Waals surface area (Å²) in [6.07, 6.45) is 4.97. The molecule has 2 aromatic rings. The summed E-state index contributed by atoms with van der Waals surface area (Å²) >= 11 is 6.00. The summed E-state index contributed by atoms with van der Waals surface area (Å²) in [4.78, 5) is 18.1. The number of fused-ring (bicyclic) bond motifs is 1. The smallest absolute Gasteiger partial charge is 0.226 e. The van der Waals surface area contributed by atoms with E-state index in [4.69, 9.17) is 11.6 Å². The number of halogens is 1. The lowest BCUT2D eigenvalue weighted by Crippen LogP contribution is -2.34. The number of unbranched alkanes of at least 4 members (excludes halogenated alkanes) is 1. The summed E-state index contributed by atoms with van der Waals surface area (Å²) in [5.74, 6) is 0.857. The molecule has 2 heterocycles. The van der Waals surface area contributed by atoms with Crippen LogP contribution in [0.25, 0.3) is 11.2 Å². The number of imidazole rings is 1. The molecule has 2 aromatic heterocycles. The number of hydrogen-bond donors (Lipinski definition) is 1. The molecule has 0 saturated heterocycles. The highest BCUT2D eigenvalue weighted by molar-refractivity contribution is 6.28. The van der Waals surface area contributed by atoms with Crippen molar-refractivity contribution in [3.63, 3.8) is 0 Å². The van der Waals surface area contributed by atoms with Crippen LogP contribution in [0.1, 0.15) is 40.0 Å². The summed E-state index contributed by atoms with van der Waals surface area (Å²) in [5, 5.41) is 0.249. The molecule has 1 N–H and O–H groups in total. The maximum Gasteiger partial charge on any atom is 0.226 e. The minimum absolute atomic E-state index is 0.249. The third-order valence-electron chi connectivity index (χ3n) is 3.39. The Labute approximate surface area is 118 Å². The molecule has 104 valence electrons. The maximum absolute atomic E-state index is 6.00. The van der Waals surface area contributed by atoms with E-state index in [2.05, 4.69) is 45.6 Å². The van der Waals surface area contributed by atoms with Crippen LogP contribution in [0.4, 0.5) is 5.82 Å². The molecule has 19 heavy (non-hydrogen) atoms. The largest absolute Gasteiger partial charge is 0.352 e. The van der Waals surface area contributed by atoms with E-state index in [1.54, 1.807) is 6.33 Å². The third kappa shape index (κ3) is 2.97. The van der Waals surface area contributed by atoms with Crippen molar-refractivity contribution in [2.45, 2.75) is 46.1 Å². The predicted octanol–water partition coefficient (Wildman–Crippen LogP) is 3.41. The number of nitrogens with zero attached hydrogens (tertiary/aromatic N) is 4. The topological polar surface area (TPSA) is 57.7 Å². The molecule has 1 atom stereocenters. The van der Waals surface area contributed by atoms with Crippen molar-refractivity contribution in [1.29, 1.82) is 0 Å².